The molecule has 0 bridgehead atoms. The highest BCUT2D eigenvalue weighted by molar-refractivity contribution is 9.10. The Morgan fingerprint density at radius 2 is 1.78 bits per heavy atom. The second-order valence-corrected chi connectivity index (χ2v) is 6.49. The third-order valence-electron chi connectivity index (χ3n) is 3.49. The Bertz CT molecular complexity index is 367. The normalized spacial score (nSPS) is 11.8. The summed E-state index contributed by atoms with van der Waals surface area (Å²) in [6.07, 6.45) is 0. The molecule has 0 aliphatic rings. The summed E-state index contributed by atoms with van der Waals surface area (Å²) in [5.41, 5.74) is 7.84. The monoisotopic (exact) mass is 312 g/mol. The van der Waals surface area contributed by atoms with E-state index in [0.29, 0.717) is 0 Å². The van der Waals surface area contributed by atoms with E-state index in [0.717, 1.165) is 41.0 Å². The lowest BCUT2D eigenvalue weighted by Gasteiger charge is -2.25. The molecule has 0 aliphatic heterocycles. The van der Waals surface area contributed by atoms with Crippen molar-refractivity contribution in [2.75, 3.05) is 12.3 Å². The minimum Gasteiger partial charge on any atom is -0.398 e. The van der Waals surface area contributed by atoms with Crippen LogP contribution in [0.1, 0.15) is 33.3 Å². The van der Waals surface area contributed by atoms with Gasteiger partial charge in [-0.1, -0.05) is 33.8 Å². The first-order chi connectivity index (χ1) is 8.41. The maximum absolute atomic E-state index is 5.78. The van der Waals surface area contributed by atoms with Crippen LogP contribution in [0.2, 0.25) is 0 Å². The third kappa shape index (κ3) is 4.62. The van der Waals surface area contributed by atoms with Gasteiger partial charge in [-0.25, -0.2) is 0 Å². The number of hydrogen-bond donors (Lipinski definition) is 2. The van der Waals surface area contributed by atoms with Crippen molar-refractivity contribution in [3.05, 3.63) is 28.2 Å². The number of benzene rings is 1. The van der Waals surface area contributed by atoms with Gasteiger partial charge in [0.25, 0.3) is 0 Å². The predicted molar refractivity (Wildman–Crippen MR) is 83.4 cm³/mol. The van der Waals surface area contributed by atoms with E-state index in [4.69, 9.17) is 5.73 Å². The quantitative estimate of drug-likeness (QED) is 0.778. The first-order valence-electron chi connectivity index (χ1n) is 6.66. The smallest absolute Gasteiger partial charge is 0.0458 e. The molecule has 18 heavy (non-hydrogen) atoms. The van der Waals surface area contributed by atoms with E-state index in [-0.39, 0.29) is 0 Å². The largest absolute Gasteiger partial charge is 0.398 e. The molecule has 3 N–H and O–H groups in total. The van der Waals surface area contributed by atoms with Crippen molar-refractivity contribution in [2.45, 2.75) is 34.2 Å². The number of hydrogen-bond acceptors (Lipinski definition) is 2. The molecule has 102 valence electrons. The molecule has 3 heteroatoms. The highest BCUT2D eigenvalue weighted by atomic mass is 79.9. The van der Waals surface area contributed by atoms with Crippen LogP contribution < -0.4 is 11.1 Å². The highest BCUT2D eigenvalue weighted by Gasteiger charge is 2.16. The van der Waals surface area contributed by atoms with Crippen molar-refractivity contribution in [1.82, 2.24) is 5.32 Å². The fourth-order valence-electron chi connectivity index (χ4n) is 2.30. The van der Waals surface area contributed by atoms with Gasteiger partial charge in [0.15, 0.2) is 0 Å². The molecule has 0 spiro atoms. The topological polar surface area (TPSA) is 38.0 Å². The number of halogens is 1. The molecule has 0 amide bonds. The van der Waals surface area contributed by atoms with Crippen LogP contribution in [-0.2, 0) is 6.54 Å². The molecule has 0 fully saturated rings. The summed E-state index contributed by atoms with van der Waals surface area (Å²) in [5, 5.41) is 3.55. The Kier molecular flexibility index (Phi) is 6.16. The lowest BCUT2D eigenvalue weighted by Crippen LogP contribution is -2.29. The van der Waals surface area contributed by atoms with Crippen molar-refractivity contribution in [1.29, 1.82) is 0 Å². The Labute approximate surface area is 119 Å². The summed E-state index contributed by atoms with van der Waals surface area (Å²) >= 11 is 3.46. The molecule has 0 heterocycles. The predicted octanol–water partition coefficient (Wildman–Crippen LogP) is 4.05. The second-order valence-electron chi connectivity index (χ2n) is 5.64. The number of rotatable bonds is 6. The van der Waals surface area contributed by atoms with Gasteiger partial charge in [0.05, 0.1) is 0 Å². The summed E-state index contributed by atoms with van der Waals surface area (Å²) in [7, 11) is 0. The molecular weight excluding hydrogens is 288 g/mol. The minimum atomic E-state index is 0.718. The molecular formula is C15H25BrN2. The van der Waals surface area contributed by atoms with E-state index in [9.17, 15) is 0 Å². The summed E-state index contributed by atoms with van der Waals surface area (Å²) in [4.78, 5) is 0. The fraction of sp³-hybridized carbons (Fsp3) is 0.600. The van der Waals surface area contributed by atoms with Crippen molar-refractivity contribution in [3.63, 3.8) is 0 Å². The van der Waals surface area contributed by atoms with Gasteiger partial charge in [0, 0.05) is 16.7 Å². The average molecular weight is 313 g/mol. The molecule has 0 saturated carbocycles. The van der Waals surface area contributed by atoms with Crippen molar-refractivity contribution in [3.8, 4) is 0 Å². The SMILES string of the molecule is CC(C)C(CNCc1ccc(N)c(Br)c1)C(C)C. The van der Waals surface area contributed by atoms with Gasteiger partial charge >= 0.3 is 0 Å². The Hall–Kier alpha value is -0.540. The van der Waals surface area contributed by atoms with Crippen molar-refractivity contribution >= 4 is 21.6 Å². The van der Waals surface area contributed by atoms with Crippen LogP contribution in [0, 0.1) is 17.8 Å². The van der Waals surface area contributed by atoms with Crippen LogP contribution in [0.25, 0.3) is 0 Å². The van der Waals surface area contributed by atoms with Crippen LogP contribution in [0.15, 0.2) is 22.7 Å². The second kappa shape index (κ2) is 7.15. The number of anilines is 1. The van der Waals surface area contributed by atoms with Gasteiger partial charge < -0.3 is 11.1 Å². The minimum absolute atomic E-state index is 0.718. The van der Waals surface area contributed by atoms with E-state index in [1.807, 2.05) is 6.07 Å². The van der Waals surface area contributed by atoms with Gasteiger partial charge in [-0.2, -0.15) is 0 Å². The zero-order valence-corrected chi connectivity index (χ0v) is 13.4. The van der Waals surface area contributed by atoms with Gasteiger partial charge in [-0.15, -0.1) is 0 Å². The van der Waals surface area contributed by atoms with Crippen LogP contribution in [0.3, 0.4) is 0 Å². The molecule has 2 nitrogen and oxygen atoms in total. The third-order valence-corrected chi connectivity index (χ3v) is 4.17. The lowest BCUT2D eigenvalue weighted by molar-refractivity contribution is 0.275. The summed E-state index contributed by atoms with van der Waals surface area (Å²) < 4.78 is 0.978. The average Bonchev–Trinajstić information content (AvgIpc) is 2.28. The molecule has 0 aliphatic carbocycles. The van der Waals surface area contributed by atoms with Crippen molar-refractivity contribution < 1.29 is 0 Å². The van der Waals surface area contributed by atoms with Crippen LogP contribution >= 0.6 is 15.9 Å². The van der Waals surface area contributed by atoms with Crippen molar-refractivity contribution in [2.24, 2.45) is 17.8 Å². The van der Waals surface area contributed by atoms with E-state index in [2.05, 4.69) is 61.1 Å². The molecule has 0 aromatic heterocycles. The van der Waals surface area contributed by atoms with E-state index in [1.165, 1.54) is 5.56 Å². The zero-order chi connectivity index (χ0) is 13.7. The number of nitrogens with two attached hydrogens (primary N) is 1. The molecule has 1 rings (SSSR count). The molecule has 0 saturated heterocycles. The summed E-state index contributed by atoms with van der Waals surface area (Å²) in [6, 6.07) is 6.11. The van der Waals surface area contributed by atoms with Crippen LogP contribution in [-0.4, -0.2) is 6.54 Å². The fourth-order valence-corrected chi connectivity index (χ4v) is 2.73. The Morgan fingerprint density at radius 3 is 2.28 bits per heavy atom. The summed E-state index contributed by atoms with van der Waals surface area (Å²) in [5.74, 6) is 2.16. The lowest BCUT2D eigenvalue weighted by atomic mass is 9.85. The van der Waals surface area contributed by atoms with Gasteiger partial charge in [-0.05, 0) is 57.9 Å². The van der Waals surface area contributed by atoms with E-state index >= 15 is 0 Å². The van der Waals surface area contributed by atoms with E-state index in [1.54, 1.807) is 0 Å². The molecule has 1 aromatic rings. The first kappa shape index (κ1) is 15.5. The first-order valence-corrected chi connectivity index (χ1v) is 7.45. The van der Waals surface area contributed by atoms with Gasteiger partial charge in [0.2, 0.25) is 0 Å². The molecule has 0 radical (unpaired) electrons. The van der Waals surface area contributed by atoms with Crippen LogP contribution in [0.4, 0.5) is 5.69 Å². The highest BCUT2D eigenvalue weighted by Crippen LogP contribution is 2.21. The van der Waals surface area contributed by atoms with E-state index < -0.39 is 0 Å². The standard InChI is InChI=1S/C15H25BrN2/c1-10(2)13(11(3)4)9-18-8-12-5-6-15(17)14(16)7-12/h5-7,10-11,13,18H,8-9,17H2,1-4H3. The van der Waals surface area contributed by atoms with Gasteiger partial charge in [0.1, 0.15) is 0 Å². The summed E-state index contributed by atoms with van der Waals surface area (Å²) in [6.45, 7) is 11.2. The molecule has 1 aromatic carbocycles. The molecule has 0 unspecified atom stereocenters. The molecule has 0 atom stereocenters. The maximum atomic E-state index is 5.78. The number of nitrogens with one attached hydrogen (secondary N) is 1. The maximum Gasteiger partial charge on any atom is 0.0458 e. The Morgan fingerprint density at radius 1 is 1.17 bits per heavy atom. The zero-order valence-electron chi connectivity index (χ0n) is 11.8. The number of nitrogen functional groups attached to an aromatic ring is 1. The van der Waals surface area contributed by atoms with Crippen LogP contribution in [0.5, 0.6) is 0 Å². The Balaban J connectivity index is 2.47. The van der Waals surface area contributed by atoms with Gasteiger partial charge in [-0.3, -0.25) is 0 Å².